The van der Waals surface area contributed by atoms with Gasteiger partial charge in [0.2, 0.25) is 0 Å². The SMILES string of the molecule is CCOC(=O)C(CC)N(CC)CC#N. The number of hydrogen-bond donors (Lipinski definition) is 0. The lowest BCUT2D eigenvalue weighted by molar-refractivity contribution is -0.149. The van der Waals surface area contributed by atoms with E-state index < -0.39 is 0 Å². The van der Waals surface area contributed by atoms with Crippen LogP contribution in [-0.4, -0.2) is 36.6 Å². The molecule has 0 aromatic heterocycles. The highest BCUT2D eigenvalue weighted by Crippen LogP contribution is 2.05. The molecule has 0 aromatic carbocycles. The fourth-order valence-electron chi connectivity index (χ4n) is 1.35. The maximum atomic E-state index is 11.5. The van der Waals surface area contributed by atoms with Crippen molar-refractivity contribution in [2.24, 2.45) is 0 Å². The van der Waals surface area contributed by atoms with Crippen molar-refractivity contribution in [3.05, 3.63) is 0 Å². The van der Waals surface area contributed by atoms with E-state index >= 15 is 0 Å². The van der Waals surface area contributed by atoms with E-state index in [1.165, 1.54) is 0 Å². The van der Waals surface area contributed by atoms with Gasteiger partial charge in [-0.25, -0.2) is 0 Å². The summed E-state index contributed by atoms with van der Waals surface area (Å²) in [6.45, 7) is 6.98. The Morgan fingerprint density at radius 1 is 1.50 bits per heavy atom. The van der Waals surface area contributed by atoms with E-state index in [2.05, 4.69) is 0 Å². The number of nitriles is 1. The van der Waals surface area contributed by atoms with Gasteiger partial charge in [-0.1, -0.05) is 13.8 Å². The summed E-state index contributed by atoms with van der Waals surface area (Å²) in [6, 6.07) is 1.77. The van der Waals surface area contributed by atoms with E-state index in [-0.39, 0.29) is 18.6 Å². The van der Waals surface area contributed by atoms with Gasteiger partial charge in [-0.3, -0.25) is 9.69 Å². The van der Waals surface area contributed by atoms with Crippen LogP contribution in [0, 0.1) is 11.3 Å². The summed E-state index contributed by atoms with van der Waals surface area (Å²) in [6.07, 6.45) is 0.675. The van der Waals surface area contributed by atoms with E-state index in [1.54, 1.807) is 6.92 Å². The van der Waals surface area contributed by atoms with Crippen LogP contribution in [0.5, 0.6) is 0 Å². The zero-order valence-electron chi connectivity index (χ0n) is 9.12. The normalized spacial score (nSPS) is 12.2. The molecule has 0 aromatic rings. The summed E-state index contributed by atoms with van der Waals surface area (Å²) in [4.78, 5) is 13.3. The molecule has 0 amide bonds. The smallest absolute Gasteiger partial charge is 0.323 e. The lowest BCUT2D eigenvalue weighted by atomic mass is 10.2. The molecule has 0 bridgehead atoms. The predicted octanol–water partition coefficient (Wildman–Crippen LogP) is 1.17. The predicted molar refractivity (Wildman–Crippen MR) is 53.6 cm³/mol. The third-order valence-electron chi connectivity index (χ3n) is 2.07. The topological polar surface area (TPSA) is 53.3 Å². The van der Waals surface area contributed by atoms with Gasteiger partial charge in [0.1, 0.15) is 6.04 Å². The highest BCUT2D eigenvalue weighted by atomic mass is 16.5. The van der Waals surface area contributed by atoms with Crippen LogP contribution < -0.4 is 0 Å². The minimum absolute atomic E-state index is 0.230. The van der Waals surface area contributed by atoms with E-state index in [9.17, 15) is 4.79 Å². The first-order valence-corrected chi connectivity index (χ1v) is 4.98. The van der Waals surface area contributed by atoms with Crippen molar-refractivity contribution in [1.82, 2.24) is 4.90 Å². The fourth-order valence-corrected chi connectivity index (χ4v) is 1.35. The lowest BCUT2D eigenvalue weighted by Gasteiger charge is -2.25. The summed E-state index contributed by atoms with van der Waals surface area (Å²) < 4.78 is 4.93. The second-order valence-corrected chi connectivity index (χ2v) is 2.90. The molecule has 0 spiro atoms. The zero-order chi connectivity index (χ0) is 11.0. The van der Waals surface area contributed by atoms with Gasteiger partial charge in [-0.2, -0.15) is 5.26 Å². The minimum atomic E-state index is -0.278. The molecule has 4 heteroatoms. The Morgan fingerprint density at radius 3 is 2.50 bits per heavy atom. The second kappa shape index (κ2) is 7.34. The monoisotopic (exact) mass is 198 g/mol. The Bertz CT molecular complexity index is 211. The fraction of sp³-hybridized carbons (Fsp3) is 0.800. The molecule has 0 radical (unpaired) electrons. The molecule has 0 aliphatic heterocycles. The number of carbonyl (C=O) groups excluding carboxylic acids is 1. The van der Waals surface area contributed by atoms with E-state index in [1.807, 2.05) is 24.8 Å². The van der Waals surface area contributed by atoms with Crippen LogP contribution in [0.25, 0.3) is 0 Å². The molecular formula is C10H18N2O2. The van der Waals surface area contributed by atoms with Crippen LogP contribution in [0.3, 0.4) is 0 Å². The summed E-state index contributed by atoms with van der Waals surface area (Å²) in [5.41, 5.74) is 0. The molecule has 14 heavy (non-hydrogen) atoms. The number of carbonyl (C=O) groups is 1. The number of esters is 1. The van der Waals surface area contributed by atoms with Crippen molar-refractivity contribution in [3.8, 4) is 6.07 Å². The first-order valence-electron chi connectivity index (χ1n) is 4.98. The summed E-state index contributed by atoms with van der Waals surface area (Å²) in [5, 5.41) is 8.58. The van der Waals surface area contributed by atoms with Gasteiger partial charge in [-0.05, 0) is 19.9 Å². The highest BCUT2D eigenvalue weighted by Gasteiger charge is 2.23. The first-order chi connectivity index (χ1) is 6.71. The van der Waals surface area contributed by atoms with Crippen LogP contribution in [0.4, 0.5) is 0 Å². The molecule has 1 unspecified atom stereocenters. The second-order valence-electron chi connectivity index (χ2n) is 2.90. The number of nitrogens with zero attached hydrogens (tertiary/aromatic N) is 2. The van der Waals surface area contributed by atoms with Crippen LogP contribution in [0.2, 0.25) is 0 Å². The molecule has 0 aliphatic carbocycles. The quantitative estimate of drug-likeness (QED) is 0.475. The molecule has 4 nitrogen and oxygen atoms in total. The van der Waals surface area contributed by atoms with Crippen LogP contribution in [0.1, 0.15) is 27.2 Å². The third kappa shape index (κ3) is 3.75. The van der Waals surface area contributed by atoms with Gasteiger partial charge in [0.15, 0.2) is 0 Å². The summed E-state index contributed by atoms with van der Waals surface area (Å²) >= 11 is 0. The molecule has 0 heterocycles. The minimum Gasteiger partial charge on any atom is -0.465 e. The molecule has 0 N–H and O–H groups in total. The van der Waals surface area contributed by atoms with Gasteiger partial charge < -0.3 is 4.74 Å². The van der Waals surface area contributed by atoms with E-state index in [0.717, 1.165) is 0 Å². The number of rotatable bonds is 6. The molecule has 0 saturated carbocycles. The molecule has 80 valence electrons. The Hall–Kier alpha value is -1.08. The Morgan fingerprint density at radius 2 is 2.14 bits per heavy atom. The maximum Gasteiger partial charge on any atom is 0.323 e. The Kier molecular flexibility index (Phi) is 6.77. The summed E-state index contributed by atoms with van der Waals surface area (Å²) in [5.74, 6) is -0.230. The standard InChI is InChI=1S/C10H18N2O2/c1-4-9(10(13)14-6-3)12(5-2)8-7-11/h9H,4-6,8H2,1-3H3. The molecule has 0 saturated heterocycles. The van der Waals surface area contributed by atoms with E-state index in [4.69, 9.17) is 10.00 Å². The van der Waals surface area contributed by atoms with Crippen molar-refractivity contribution in [1.29, 1.82) is 5.26 Å². The van der Waals surface area contributed by atoms with Crippen LogP contribution in [0.15, 0.2) is 0 Å². The van der Waals surface area contributed by atoms with Crippen LogP contribution in [-0.2, 0) is 9.53 Å². The molecule has 0 rings (SSSR count). The number of hydrogen-bond acceptors (Lipinski definition) is 4. The van der Waals surface area contributed by atoms with Crippen LogP contribution >= 0.6 is 0 Å². The van der Waals surface area contributed by atoms with Gasteiger partial charge in [0, 0.05) is 0 Å². The zero-order valence-corrected chi connectivity index (χ0v) is 9.12. The van der Waals surface area contributed by atoms with Crippen molar-refractivity contribution in [2.75, 3.05) is 19.7 Å². The third-order valence-corrected chi connectivity index (χ3v) is 2.07. The Labute approximate surface area is 85.5 Å². The molecular weight excluding hydrogens is 180 g/mol. The number of ether oxygens (including phenoxy) is 1. The van der Waals surface area contributed by atoms with Crippen molar-refractivity contribution < 1.29 is 9.53 Å². The van der Waals surface area contributed by atoms with E-state index in [0.29, 0.717) is 19.6 Å². The van der Waals surface area contributed by atoms with Gasteiger partial charge in [0.25, 0.3) is 0 Å². The first kappa shape index (κ1) is 12.9. The largest absolute Gasteiger partial charge is 0.465 e. The summed E-state index contributed by atoms with van der Waals surface area (Å²) in [7, 11) is 0. The van der Waals surface area contributed by atoms with Gasteiger partial charge in [-0.15, -0.1) is 0 Å². The maximum absolute atomic E-state index is 11.5. The average molecular weight is 198 g/mol. The lowest BCUT2D eigenvalue weighted by Crippen LogP contribution is -2.41. The highest BCUT2D eigenvalue weighted by molar-refractivity contribution is 5.75. The van der Waals surface area contributed by atoms with Crippen molar-refractivity contribution in [3.63, 3.8) is 0 Å². The van der Waals surface area contributed by atoms with Crippen molar-refractivity contribution in [2.45, 2.75) is 33.2 Å². The molecule has 0 aliphatic rings. The number of likely N-dealkylation sites (N-methyl/N-ethyl adjacent to an activating group) is 1. The van der Waals surface area contributed by atoms with Crippen molar-refractivity contribution >= 4 is 5.97 Å². The molecule has 1 atom stereocenters. The van der Waals surface area contributed by atoms with Gasteiger partial charge >= 0.3 is 5.97 Å². The Balaban J connectivity index is 4.35. The molecule has 0 fully saturated rings. The average Bonchev–Trinajstić information content (AvgIpc) is 2.18. The van der Waals surface area contributed by atoms with Gasteiger partial charge in [0.05, 0.1) is 19.2 Å².